The predicted octanol–water partition coefficient (Wildman–Crippen LogP) is 1.53. The zero-order valence-corrected chi connectivity index (χ0v) is 10.6. The molecule has 0 saturated heterocycles. The van der Waals surface area contributed by atoms with Crippen LogP contribution in [0.5, 0.6) is 5.75 Å². The number of rotatable bonds is 5. The molecule has 94 valence electrons. The van der Waals surface area contributed by atoms with Crippen LogP contribution in [-0.4, -0.2) is 19.6 Å². The first-order chi connectivity index (χ1) is 8.04. The third kappa shape index (κ3) is 4.07. The van der Waals surface area contributed by atoms with Crippen LogP contribution >= 0.6 is 0 Å². The quantitative estimate of drug-likeness (QED) is 0.815. The molecule has 0 unspecified atom stereocenters. The lowest BCUT2D eigenvalue weighted by Gasteiger charge is -2.12. The van der Waals surface area contributed by atoms with Crippen molar-refractivity contribution >= 4 is 5.91 Å². The van der Waals surface area contributed by atoms with E-state index in [-0.39, 0.29) is 11.9 Å². The zero-order chi connectivity index (χ0) is 12.8. The van der Waals surface area contributed by atoms with Crippen LogP contribution < -0.4 is 15.8 Å². The molecule has 0 saturated carbocycles. The molecule has 0 fully saturated rings. The van der Waals surface area contributed by atoms with Gasteiger partial charge < -0.3 is 15.8 Å². The van der Waals surface area contributed by atoms with Crippen molar-refractivity contribution < 1.29 is 9.53 Å². The second kappa shape index (κ2) is 6.25. The Hall–Kier alpha value is -1.55. The van der Waals surface area contributed by atoms with Crippen molar-refractivity contribution in [3.05, 3.63) is 29.3 Å². The van der Waals surface area contributed by atoms with Crippen LogP contribution in [0.15, 0.2) is 18.2 Å². The van der Waals surface area contributed by atoms with Gasteiger partial charge in [0.2, 0.25) is 5.91 Å². The first kappa shape index (κ1) is 13.5. The average Bonchev–Trinajstić information content (AvgIpc) is 2.30. The Bertz CT molecular complexity index is 389. The molecule has 0 radical (unpaired) electrons. The Kier molecular flexibility index (Phi) is 4.97. The van der Waals surface area contributed by atoms with E-state index in [4.69, 9.17) is 10.5 Å². The van der Waals surface area contributed by atoms with Crippen LogP contribution in [0, 0.1) is 6.92 Å². The minimum Gasteiger partial charge on any atom is -0.493 e. The van der Waals surface area contributed by atoms with Crippen LogP contribution in [-0.2, 0) is 4.79 Å². The number of hydrogen-bond acceptors (Lipinski definition) is 3. The molecule has 4 heteroatoms. The van der Waals surface area contributed by atoms with E-state index < -0.39 is 0 Å². The summed E-state index contributed by atoms with van der Waals surface area (Å²) in [6.45, 7) is 4.31. The van der Waals surface area contributed by atoms with Crippen LogP contribution in [0.3, 0.4) is 0 Å². The van der Waals surface area contributed by atoms with E-state index >= 15 is 0 Å². The molecule has 0 aliphatic heterocycles. The summed E-state index contributed by atoms with van der Waals surface area (Å²) in [6.07, 6.45) is 0.366. The van der Waals surface area contributed by atoms with Gasteiger partial charge in [0.15, 0.2) is 0 Å². The minimum atomic E-state index is -0.0187. The Morgan fingerprint density at radius 3 is 2.76 bits per heavy atom. The molecule has 0 aliphatic carbocycles. The molecule has 0 spiro atoms. The molecule has 0 aliphatic rings. The number of carbonyl (C=O) groups excluding carboxylic acids is 1. The lowest BCUT2D eigenvalue weighted by atomic mass is 10.1. The maximum Gasteiger partial charge on any atom is 0.223 e. The van der Waals surface area contributed by atoms with Gasteiger partial charge in [-0.3, -0.25) is 4.79 Å². The Balaban J connectivity index is 2.57. The monoisotopic (exact) mass is 236 g/mol. The van der Waals surface area contributed by atoms with E-state index in [1.165, 1.54) is 0 Å². The van der Waals surface area contributed by atoms with Crippen LogP contribution in [0.1, 0.15) is 30.5 Å². The average molecular weight is 236 g/mol. The number of hydrogen-bond donors (Lipinski definition) is 2. The van der Waals surface area contributed by atoms with Gasteiger partial charge in [-0.1, -0.05) is 12.1 Å². The molecule has 1 atom stereocenters. The number of carbonyl (C=O) groups is 1. The third-order valence-corrected chi connectivity index (χ3v) is 2.59. The van der Waals surface area contributed by atoms with Gasteiger partial charge in [-0.05, 0) is 31.0 Å². The summed E-state index contributed by atoms with van der Waals surface area (Å²) in [5.41, 5.74) is 7.92. The van der Waals surface area contributed by atoms with E-state index in [0.717, 1.165) is 16.9 Å². The number of nitrogens with one attached hydrogen (secondary N) is 1. The van der Waals surface area contributed by atoms with Crippen molar-refractivity contribution in [2.24, 2.45) is 5.73 Å². The summed E-state index contributed by atoms with van der Waals surface area (Å²) in [7, 11) is 1.62. The molecule has 0 aromatic heterocycles. The lowest BCUT2D eigenvalue weighted by molar-refractivity contribution is -0.121. The van der Waals surface area contributed by atoms with Crippen molar-refractivity contribution in [1.29, 1.82) is 0 Å². The summed E-state index contributed by atoms with van der Waals surface area (Å²) in [4.78, 5) is 11.0. The SMILES string of the molecule is CNC(=O)CCOc1ccc([C@@H](C)N)cc1C. The zero-order valence-electron chi connectivity index (χ0n) is 10.6. The maximum atomic E-state index is 11.0. The molecule has 0 heterocycles. The van der Waals surface area contributed by atoms with Crippen molar-refractivity contribution in [1.82, 2.24) is 5.32 Å². The minimum absolute atomic E-state index is 0.0187. The van der Waals surface area contributed by atoms with Gasteiger partial charge in [0, 0.05) is 13.1 Å². The van der Waals surface area contributed by atoms with Crippen molar-refractivity contribution in [3.63, 3.8) is 0 Å². The second-order valence-electron chi connectivity index (χ2n) is 4.09. The van der Waals surface area contributed by atoms with Gasteiger partial charge in [0.25, 0.3) is 0 Å². The fourth-order valence-corrected chi connectivity index (χ4v) is 1.50. The largest absolute Gasteiger partial charge is 0.493 e. The molecule has 1 amide bonds. The first-order valence-corrected chi connectivity index (χ1v) is 5.74. The van der Waals surface area contributed by atoms with Crippen molar-refractivity contribution in [2.75, 3.05) is 13.7 Å². The van der Waals surface area contributed by atoms with Crippen molar-refractivity contribution in [3.8, 4) is 5.75 Å². The molecular formula is C13H20N2O2. The molecule has 1 aromatic rings. The van der Waals surface area contributed by atoms with Crippen LogP contribution in [0.2, 0.25) is 0 Å². The molecule has 3 N–H and O–H groups in total. The van der Waals surface area contributed by atoms with Gasteiger partial charge in [-0.15, -0.1) is 0 Å². The second-order valence-corrected chi connectivity index (χ2v) is 4.09. The highest BCUT2D eigenvalue weighted by molar-refractivity contribution is 5.75. The Labute approximate surface area is 102 Å². The number of benzene rings is 1. The molecule has 0 bridgehead atoms. The summed E-state index contributed by atoms with van der Waals surface area (Å²) < 4.78 is 5.54. The summed E-state index contributed by atoms with van der Waals surface area (Å²) in [5, 5.41) is 2.55. The van der Waals surface area contributed by atoms with E-state index in [9.17, 15) is 4.79 Å². The summed E-state index contributed by atoms with van der Waals surface area (Å²) in [5.74, 6) is 0.785. The van der Waals surface area contributed by atoms with E-state index in [1.54, 1.807) is 7.05 Å². The third-order valence-electron chi connectivity index (χ3n) is 2.59. The normalized spacial score (nSPS) is 12.0. The van der Waals surface area contributed by atoms with Gasteiger partial charge in [-0.25, -0.2) is 0 Å². The van der Waals surface area contributed by atoms with Crippen LogP contribution in [0.4, 0.5) is 0 Å². The summed E-state index contributed by atoms with van der Waals surface area (Å²) in [6, 6.07) is 5.89. The number of amides is 1. The van der Waals surface area contributed by atoms with Gasteiger partial charge in [0.05, 0.1) is 13.0 Å². The standard InChI is InChI=1S/C13H20N2O2/c1-9-8-11(10(2)14)4-5-12(9)17-7-6-13(16)15-3/h4-5,8,10H,6-7,14H2,1-3H3,(H,15,16)/t10-/m1/s1. The molecule has 1 rings (SSSR count). The molecule has 17 heavy (non-hydrogen) atoms. The Morgan fingerprint density at radius 1 is 1.53 bits per heavy atom. The first-order valence-electron chi connectivity index (χ1n) is 5.74. The number of nitrogens with two attached hydrogens (primary N) is 1. The van der Waals surface area contributed by atoms with E-state index in [1.807, 2.05) is 32.0 Å². The topological polar surface area (TPSA) is 64.3 Å². The molecule has 1 aromatic carbocycles. The van der Waals surface area contributed by atoms with Gasteiger partial charge in [-0.2, -0.15) is 0 Å². The van der Waals surface area contributed by atoms with E-state index in [0.29, 0.717) is 13.0 Å². The fraction of sp³-hybridized carbons (Fsp3) is 0.462. The summed E-state index contributed by atoms with van der Waals surface area (Å²) >= 11 is 0. The molecular weight excluding hydrogens is 216 g/mol. The highest BCUT2D eigenvalue weighted by atomic mass is 16.5. The fourth-order valence-electron chi connectivity index (χ4n) is 1.50. The maximum absolute atomic E-state index is 11.0. The predicted molar refractivity (Wildman–Crippen MR) is 68.0 cm³/mol. The highest BCUT2D eigenvalue weighted by Crippen LogP contribution is 2.21. The van der Waals surface area contributed by atoms with Crippen LogP contribution in [0.25, 0.3) is 0 Å². The van der Waals surface area contributed by atoms with Crippen molar-refractivity contribution in [2.45, 2.75) is 26.3 Å². The highest BCUT2D eigenvalue weighted by Gasteiger charge is 2.05. The van der Waals surface area contributed by atoms with Gasteiger partial charge in [0.1, 0.15) is 5.75 Å². The Morgan fingerprint density at radius 2 is 2.24 bits per heavy atom. The smallest absolute Gasteiger partial charge is 0.223 e. The lowest BCUT2D eigenvalue weighted by Crippen LogP contribution is -2.20. The van der Waals surface area contributed by atoms with Gasteiger partial charge >= 0.3 is 0 Å². The molecule has 4 nitrogen and oxygen atoms in total. The van der Waals surface area contributed by atoms with E-state index in [2.05, 4.69) is 5.32 Å². The number of ether oxygens (including phenoxy) is 1. The number of aryl methyl sites for hydroxylation is 1.